The zero-order valence-corrected chi connectivity index (χ0v) is 10.6. The molecule has 1 heterocycles. The summed E-state index contributed by atoms with van der Waals surface area (Å²) >= 11 is 0. The summed E-state index contributed by atoms with van der Waals surface area (Å²) in [6, 6.07) is 8.52. The van der Waals surface area contributed by atoms with Gasteiger partial charge in [-0.15, -0.1) is 0 Å². The molecule has 0 aliphatic carbocycles. The predicted molar refractivity (Wildman–Crippen MR) is 70.3 cm³/mol. The molecule has 0 unspecified atom stereocenters. The fourth-order valence-corrected chi connectivity index (χ4v) is 2.48. The highest BCUT2D eigenvalue weighted by atomic mass is 16.2. The van der Waals surface area contributed by atoms with E-state index < -0.39 is 0 Å². The molecule has 0 saturated heterocycles. The Morgan fingerprint density at radius 1 is 1.47 bits per heavy atom. The largest absolute Gasteiger partial charge is 0.320 e. The molecule has 0 fully saturated rings. The number of amides is 1. The summed E-state index contributed by atoms with van der Waals surface area (Å²) in [4.78, 5) is 14.2. The highest BCUT2D eigenvalue weighted by molar-refractivity contribution is 5.96. The Hall–Kier alpha value is -1.35. The normalized spacial score (nSPS) is 18.2. The summed E-state index contributed by atoms with van der Waals surface area (Å²) < 4.78 is 0. The zero-order chi connectivity index (χ0) is 12.3. The molecule has 2 rings (SSSR count). The minimum absolute atomic E-state index is 0.248. The Morgan fingerprint density at radius 3 is 3.00 bits per heavy atom. The van der Waals surface area contributed by atoms with E-state index >= 15 is 0 Å². The van der Waals surface area contributed by atoms with Crippen LogP contribution in [-0.2, 0) is 11.2 Å². The van der Waals surface area contributed by atoms with Gasteiger partial charge in [-0.05, 0) is 45.0 Å². The second-order valence-corrected chi connectivity index (χ2v) is 4.65. The van der Waals surface area contributed by atoms with E-state index in [1.807, 2.05) is 24.1 Å². The van der Waals surface area contributed by atoms with Crippen LogP contribution in [0, 0.1) is 0 Å². The SMILES string of the molecule is CNCCCC(=O)N1c2ccccc2C[C@@H]1C. The fraction of sp³-hybridized carbons (Fsp3) is 0.500. The van der Waals surface area contributed by atoms with Crippen LogP contribution in [0.4, 0.5) is 5.69 Å². The van der Waals surface area contributed by atoms with Crippen molar-refractivity contribution in [2.75, 3.05) is 18.5 Å². The predicted octanol–water partition coefficient (Wildman–Crippen LogP) is 1.96. The van der Waals surface area contributed by atoms with Crippen LogP contribution in [0.25, 0.3) is 0 Å². The Kier molecular flexibility index (Phi) is 3.79. The first-order valence-corrected chi connectivity index (χ1v) is 6.28. The van der Waals surface area contributed by atoms with Crippen molar-refractivity contribution < 1.29 is 4.79 Å². The maximum Gasteiger partial charge on any atom is 0.227 e. The van der Waals surface area contributed by atoms with E-state index in [4.69, 9.17) is 0 Å². The van der Waals surface area contributed by atoms with Crippen molar-refractivity contribution in [1.82, 2.24) is 5.32 Å². The van der Waals surface area contributed by atoms with E-state index in [0.717, 1.165) is 25.1 Å². The number of anilines is 1. The van der Waals surface area contributed by atoms with Gasteiger partial charge in [0.2, 0.25) is 5.91 Å². The Morgan fingerprint density at radius 2 is 2.24 bits per heavy atom. The second kappa shape index (κ2) is 5.32. The monoisotopic (exact) mass is 232 g/mol. The molecule has 1 aromatic rings. The molecule has 1 aromatic carbocycles. The van der Waals surface area contributed by atoms with Crippen LogP contribution < -0.4 is 10.2 Å². The Labute approximate surface area is 103 Å². The number of fused-ring (bicyclic) bond motifs is 1. The lowest BCUT2D eigenvalue weighted by atomic mass is 10.1. The molecule has 0 radical (unpaired) electrons. The number of para-hydroxylation sites is 1. The summed E-state index contributed by atoms with van der Waals surface area (Å²) in [7, 11) is 1.91. The van der Waals surface area contributed by atoms with Crippen molar-refractivity contribution in [2.45, 2.75) is 32.2 Å². The molecular weight excluding hydrogens is 212 g/mol. The third-order valence-electron chi connectivity index (χ3n) is 3.29. The van der Waals surface area contributed by atoms with Gasteiger partial charge in [0, 0.05) is 18.2 Å². The van der Waals surface area contributed by atoms with Crippen LogP contribution in [0.15, 0.2) is 24.3 Å². The van der Waals surface area contributed by atoms with E-state index in [-0.39, 0.29) is 5.91 Å². The molecule has 0 aromatic heterocycles. The number of nitrogens with zero attached hydrogens (tertiary/aromatic N) is 1. The summed E-state index contributed by atoms with van der Waals surface area (Å²) in [6.45, 7) is 3.02. The number of nitrogens with one attached hydrogen (secondary N) is 1. The lowest BCUT2D eigenvalue weighted by molar-refractivity contribution is -0.119. The topological polar surface area (TPSA) is 32.3 Å². The molecular formula is C14H20N2O. The maximum atomic E-state index is 12.2. The van der Waals surface area contributed by atoms with Gasteiger partial charge in [-0.3, -0.25) is 4.79 Å². The highest BCUT2D eigenvalue weighted by Crippen LogP contribution is 2.32. The maximum absolute atomic E-state index is 12.2. The number of hydrogen-bond donors (Lipinski definition) is 1. The van der Waals surface area contributed by atoms with E-state index in [2.05, 4.69) is 24.4 Å². The number of hydrogen-bond acceptors (Lipinski definition) is 2. The fourth-order valence-electron chi connectivity index (χ4n) is 2.48. The zero-order valence-electron chi connectivity index (χ0n) is 10.6. The average Bonchev–Trinajstić information content (AvgIpc) is 2.65. The molecule has 1 amide bonds. The molecule has 0 spiro atoms. The lowest BCUT2D eigenvalue weighted by Crippen LogP contribution is -2.35. The van der Waals surface area contributed by atoms with Crippen molar-refractivity contribution in [2.24, 2.45) is 0 Å². The third kappa shape index (κ3) is 2.50. The summed E-state index contributed by atoms with van der Waals surface area (Å²) in [5.41, 5.74) is 2.40. The first kappa shape index (κ1) is 12.1. The number of rotatable bonds is 4. The van der Waals surface area contributed by atoms with Gasteiger partial charge in [-0.25, -0.2) is 0 Å². The molecule has 1 aliphatic heterocycles. The van der Waals surface area contributed by atoms with Crippen molar-refractivity contribution in [3.8, 4) is 0 Å². The molecule has 92 valence electrons. The lowest BCUT2D eigenvalue weighted by Gasteiger charge is -2.22. The molecule has 17 heavy (non-hydrogen) atoms. The molecule has 3 heteroatoms. The number of carbonyl (C=O) groups is 1. The first-order chi connectivity index (χ1) is 8.24. The van der Waals surface area contributed by atoms with Gasteiger partial charge in [-0.2, -0.15) is 0 Å². The van der Waals surface area contributed by atoms with Crippen LogP contribution in [0.3, 0.4) is 0 Å². The number of benzene rings is 1. The van der Waals surface area contributed by atoms with Crippen LogP contribution in [0.2, 0.25) is 0 Å². The molecule has 1 aliphatic rings. The number of carbonyl (C=O) groups excluding carboxylic acids is 1. The average molecular weight is 232 g/mol. The Balaban J connectivity index is 2.08. The minimum atomic E-state index is 0.248. The van der Waals surface area contributed by atoms with E-state index in [1.165, 1.54) is 5.56 Å². The van der Waals surface area contributed by atoms with Gasteiger partial charge in [-0.1, -0.05) is 18.2 Å². The third-order valence-corrected chi connectivity index (χ3v) is 3.29. The van der Waals surface area contributed by atoms with Crippen molar-refractivity contribution in [3.05, 3.63) is 29.8 Å². The van der Waals surface area contributed by atoms with Crippen LogP contribution >= 0.6 is 0 Å². The van der Waals surface area contributed by atoms with Gasteiger partial charge in [0.25, 0.3) is 0 Å². The van der Waals surface area contributed by atoms with Crippen LogP contribution in [0.5, 0.6) is 0 Å². The molecule has 3 nitrogen and oxygen atoms in total. The van der Waals surface area contributed by atoms with E-state index in [9.17, 15) is 4.79 Å². The molecule has 1 atom stereocenters. The molecule has 0 bridgehead atoms. The van der Waals surface area contributed by atoms with Gasteiger partial charge >= 0.3 is 0 Å². The summed E-state index contributed by atoms with van der Waals surface area (Å²) in [6.07, 6.45) is 2.51. The summed E-state index contributed by atoms with van der Waals surface area (Å²) in [5, 5.41) is 3.07. The second-order valence-electron chi connectivity index (χ2n) is 4.65. The van der Waals surface area contributed by atoms with Gasteiger partial charge in [0.1, 0.15) is 0 Å². The first-order valence-electron chi connectivity index (χ1n) is 6.28. The highest BCUT2D eigenvalue weighted by Gasteiger charge is 2.29. The van der Waals surface area contributed by atoms with Crippen molar-refractivity contribution in [3.63, 3.8) is 0 Å². The van der Waals surface area contributed by atoms with Crippen molar-refractivity contribution in [1.29, 1.82) is 0 Å². The van der Waals surface area contributed by atoms with Crippen LogP contribution in [0.1, 0.15) is 25.3 Å². The van der Waals surface area contributed by atoms with E-state index in [0.29, 0.717) is 12.5 Å². The Bertz CT molecular complexity index is 403. The molecule has 1 N–H and O–H groups in total. The quantitative estimate of drug-likeness (QED) is 0.805. The van der Waals surface area contributed by atoms with Crippen LogP contribution in [-0.4, -0.2) is 25.5 Å². The molecule has 0 saturated carbocycles. The van der Waals surface area contributed by atoms with E-state index in [1.54, 1.807) is 0 Å². The van der Waals surface area contributed by atoms with Crippen molar-refractivity contribution >= 4 is 11.6 Å². The van der Waals surface area contributed by atoms with Gasteiger partial charge in [0.15, 0.2) is 0 Å². The van der Waals surface area contributed by atoms with Gasteiger partial charge in [0.05, 0.1) is 0 Å². The minimum Gasteiger partial charge on any atom is -0.320 e. The standard InChI is InChI=1S/C14H20N2O/c1-11-10-12-6-3-4-7-13(12)16(11)14(17)8-5-9-15-2/h3-4,6-7,11,15H,5,8-10H2,1-2H3/t11-/m0/s1. The van der Waals surface area contributed by atoms with Gasteiger partial charge < -0.3 is 10.2 Å². The smallest absolute Gasteiger partial charge is 0.227 e. The summed E-state index contributed by atoms with van der Waals surface area (Å²) in [5.74, 6) is 0.248.